The summed E-state index contributed by atoms with van der Waals surface area (Å²) < 4.78 is 22.7. The van der Waals surface area contributed by atoms with Crippen LogP contribution >= 0.6 is 0 Å². The van der Waals surface area contributed by atoms with E-state index in [1.807, 2.05) is 6.92 Å². The highest BCUT2D eigenvalue weighted by atomic mass is 32.2. The van der Waals surface area contributed by atoms with Gasteiger partial charge >= 0.3 is 0 Å². The number of nitrogens with one attached hydrogen (secondary N) is 1. The summed E-state index contributed by atoms with van der Waals surface area (Å²) in [6, 6.07) is 0.659. The van der Waals surface area contributed by atoms with E-state index in [1.165, 1.54) is 0 Å². The van der Waals surface area contributed by atoms with Crippen molar-refractivity contribution in [3.8, 4) is 0 Å². The Labute approximate surface area is 93.0 Å². The van der Waals surface area contributed by atoms with Gasteiger partial charge in [0.1, 0.15) is 0 Å². The zero-order valence-electron chi connectivity index (χ0n) is 9.86. The Morgan fingerprint density at radius 1 is 1.47 bits per heavy atom. The normalized spacial score (nSPS) is 27.1. The van der Waals surface area contributed by atoms with Crippen LogP contribution in [0.15, 0.2) is 0 Å². The summed E-state index contributed by atoms with van der Waals surface area (Å²) >= 11 is 0. The summed E-state index contributed by atoms with van der Waals surface area (Å²) in [6.45, 7) is 8.78. The van der Waals surface area contributed by atoms with Gasteiger partial charge in [0.2, 0.25) is 0 Å². The van der Waals surface area contributed by atoms with Gasteiger partial charge < -0.3 is 5.32 Å². The van der Waals surface area contributed by atoms with Gasteiger partial charge in [-0.1, -0.05) is 13.8 Å². The minimum atomic E-state index is -2.77. The van der Waals surface area contributed by atoms with Crippen molar-refractivity contribution in [1.82, 2.24) is 10.2 Å². The number of rotatable bonds is 4. The molecule has 1 rings (SSSR count). The Kier molecular flexibility index (Phi) is 4.55. The zero-order valence-corrected chi connectivity index (χ0v) is 10.7. The van der Waals surface area contributed by atoms with Crippen LogP contribution in [0.2, 0.25) is 0 Å². The van der Waals surface area contributed by atoms with Crippen molar-refractivity contribution in [3.63, 3.8) is 0 Å². The largest absolute Gasteiger partial charge is 0.313 e. The Balaban J connectivity index is 2.32. The molecule has 90 valence electrons. The molecule has 0 aromatic rings. The van der Waals surface area contributed by atoms with Gasteiger partial charge in [-0.3, -0.25) is 4.90 Å². The van der Waals surface area contributed by atoms with Crippen LogP contribution in [0.3, 0.4) is 0 Å². The average Bonchev–Trinajstić information content (AvgIpc) is 2.07. The molecule has 0 saturated carbocycles. The summed E-state index contributed by atoms with van der Waals surface area (Å²) in [4.78, 5) is 2.25. The fraction of sp³-hybridized carbons (Fsp3) is 1.00. The first-order chi connectivity index (χ1) is 6.91. The van der Waals surface area contributed by atoms with Crippen LogP contribution in [-0.2, 0) is 9.84 Å². The lowest BCUT2D eigenvalue weighted by atomic mass is 10.3. The minimum absolute atomic E-state index is 0.165. The van der Waals surface area contributed by atoms with Gasteiger partial charge in [0.15, 0.2) is 9.84 Å². The molecule has 1 fully saturated rings. The lowest BCUT2D eigenvalue weighted by molar-refractivity contribution is 0.225. The van der Waals surface area contributed by atoms with E-state index in [1.54, 1.807) is 0 Å². The van der Waals surface area contributed by atoms with Gasteiger partial charge in [0.25, 0.3) is 0 Å². The molecule has 0 aromatic heterocycles. The molecule has 1 aliphatic rings. The molecule has 0 aliphatic carbocycles. The topological polar surface area (TPSA) is 49.4 Å². The first-order valence-corrected chi connectivity index (χ1v) is 7.41. The van der Waals surface area contributed by atoms with Crippen molar-refractivity contribution in [2.75, 3.05) is 31.1 Å². The van der Waals surface area contributed by atoms with Crippen LogP contribution < -0.4 is 5.32 Å². The molecule has 1 heterocycles. The first-order valence-electron chi connectivity index (χ1n) is 5.58. The van der Waals surface area contributed by atoms with Crippen LogP contribution in [0.25, 0.3) is 0 Å². The second kappa shape index (κ2) is 5.27. The van der Waals surface area contributed by atoms with E-state index < -0.39 is 9.84 Å². The van der Waals surface area contributed by atoms with E-state index in [0.29, 0.717) is 24.1 Å². The van der Waals surface area contributed by atoms with Crippen LogP contribution in [0.5, 0.6) is 0 Å². The standard InChI is InChI=1S/C10H22N2O2S/c1-9(2)11-4-5-12-6-7-15(13,14)8-10(12)3/h9-11H,4-8H2,1-3H3. The van der Waals surface area contributed by atoms with E-state index in [9.17, 15) is 8.42 Å². The molecule has 15 heavy (non-hydrogen) atoms. The summed E-state index contributed by atoms with van der Waals surface area (Å²) in [5, 5.41) is 3.34. The molecule has 4 nitrogen and oxygen atoms in total. The Hall–Kier alpha value is -0.130. The van der Waals surface area contributed by atoms with Crippen molar-refractivity contribution >= 4 is 9.84 Å². The predicted molar refractivity (Wildman–Crippen MR) is 62.8 cm³/mol. The molecular weight excluding hydrogens is 212 g/mol. The molecular formula is C10H22N2O2S. The van der Waals surface area contributed by atoms with E-state index in [4.69, 9.17) is 0 Å². The monoisotopic (exact) mass is 234 g/mol. The summed E-state index contributed by atoms with van der Waals surface area (Å²) in [5.41, 5.74) is 0. The summed E-state index contributed by atoms with van der Waals surface area (Å²) in [6.07, 6.45) is 0. The summed E-state index contributed by atoms with van der Waals surface area (Å²) in [5.74, 6) is 0.633. The molecule has 0 radical (unpaired) electrons. The first kappa shape index (κ1) is 12.9. The third-order valence-corrected chi connectivity index (χ3v) is 4.55. The third-order valence-electron chi connectivity index (χ3n) is 2.76. The molecule has 1 unspecified atom stereocenters. The van der Waals surface area contributed by atoms with E-state index >= 15 is 0 Å². The van der Waals surface area contributed by atoms with Crippen molar-refractivity contribution in [2.24, 2.45) is 0 Å². The molecule has 1 aliphatic heterocycles. The number of hydrogen-bond donors (Lipinski definition) is 1. The van der Waals surface area contributed by atoms with E-state index in [-0.39, 0.29) is 6.04 Å². The van der Waals surface area contributed by atoms with Crippen molar-refractivity contribution < 1.29 is 8.42 Å². The number of nitrogens with zero attached hydrogens (tertiary/aromatic N) is 1. The smallest absolute Gasteiger partial charge is 0.153 e. The van der Waals surface area contributed by atoms with Gasteiger partial charge in [-0.25, -0.2) is 8.42 Å². The molecule has 5 heteroatoms. The maximum atomic E-state index is 11.3. The lowest BCUT2D eigenvalue weighted by Crippen LogP contribution is -2.49. The molecule has 1 N–H and O–H groups in total. The fourth-order valence-electron chi connectivity index (χ4n) is 1.86. The number of hydrogen-bond acceptors (Lipinski definition) is 4. The quantitative estimate of drug-likeness (QED) is 0.750. The van der Waals surface area contributed by atoms with Gasteiger partial charge in [0.05, 0.1) is 11.5 Å². The zero-order chi connectivity index (χ0) is 11.5. The highest BCUT2D eigenvalue weighted by Crippen LogP contribution is 2.10. The lowest BCUT2D eigenvalue weighted by Gasteiger charge is -2.33. The van der Waals surface area contributed by atoms with Crippen LogP contribution in [0.1, 0.15) is 20.8 Å². The van der Waals surface area contributed by atoms with Crippen LogP contribution in [-0.4, -0.2) is 56.5 Å². The highest BCUT2D eigenvalue weighted by Gasteiger charge is 2.27. The van der Waals surface area contributed by atoms with Crippen molar-refractivity contribution in [1.29, 1.82) is 0 Å². The molecule has 0 spiro atoms. The Bertz CT molecular complexity index is 288. The highest BCUT2D eigenvalue weighted by molar-refractivity contribution is 7.91. The molecule has 0 amide bonds. The second-order valence-electron chi connectivity index (χ2n) is 4.61. The van der Waals surface area contributed by atoms with Gasteiger partial charge in [-0.05, 0) is 6.92 Å². The van der Waals surface area contributed by atoms with Crippen molar-refractivity contribution in [2.45, 2.75) is 32.9 Å². The SMILES string of the molecule is CC(C)NCCN1CCS(=O)(=O)CC1C. The Morgan fingerprint density at radius 3 is 2.67 bits per heavy atom. The molecule has 1 saturated heterocycles. The molecule has 0 aromatic carbocycles. The van der Waals surface area contributed by atoms with Crippen molar-refractivity contribution in [3.05, 3.63) is 0 Å². The average molecular weight is 234 g/mol. The second-order valence-corrected chi connectivity index (χ2v) is 6.84. The van der Waals surface area contributed by atoms with Crippen LogP contribution in [0.4, 0.5) is 0 Å². The maximum absolute atomic E-state index is 11.3. The Morgan fingerprint density at radius 2 is 2.13 bits per heavy atom. The van der Waals surface area contributed by atoms with Gasteiger partial charge in [0, 0.05) is 31.7 Å². The molecule has 0 bridgehead atoms. The van der Waals surface area contributed by atoms with Gasteiger partial charge in [-0.2, -0.15) is 0 Å². The van der Waals surface area contributed by atoms with Crippen LogP contribution in [0, 0.1) is 0 Å². The summed E-state index contributed by atoms with van der Waals surface area (Å²) in [7, 11) is -2.77. The number of sulfone groups is 1. The fourth-order valence-corrected chi connectivity index (χ4v) is 3.49. The van der Waals surface area contributed by atoms with E-state index in [2.05, 4.69) is 24.1 Å². The van der Waals surface area contributed by atoms with Gasteiger partial charge in [-0.15, -0.1) is 0 Å². The third kappa shape index (κ3) is 4.49. The maximum Gasteiger partial charge on any atom is 0.153 e. The molecule has 1 atom stereocenters. The minimum Gasteiger partial charge on any atom is -0.313 e. The predicted octanol–water partition coefficient (Wildman–Crippen LogP) is 0.103. The van der Waals surface area contributed by atoms with E-state index in [0.717, 1.165) is 13.1 Å².